The summed E-state index contributed by atoms with van der Waals surface area (Å²) in [7, 11) is -4.79. The summed E-state index contributed by atoms with van der Waals surface area (Å²) < 4.78 is 49.8. The molecule has 0 atom stereocenters. The molecule has 274 valence electrons. The number of hydrogen-bond donors (Lipinski definition) is 0. The van der Waals surface area contributed by atoms with E-state index in [9.17, 15) is 17.3 Å². The molecule has 0 radical (unpaired) electrons. The van der Waals surface area contributed by atoms with Gasteiger partial charge in [-0.15, -0.1) is 0 Å². The van der Waals surface area contributed by atoms with Crippen molar-refractivity contribution in [2.45, 2.75) is 0 Å². The quantitative estimate of drug-likeness (QED) is 0.0634. The van der Waals surface area contributed by atoms with E-state index in [4.69, 9.17) is 9.47 Å². The highest BCUT2D eigenvalue weighted by Crippen LogP contribution is 2.54. The fraction of sp³-hybridized carbons (Fsp3) is 0.0435. The zero-order valence-corrected chi connectivity index (χ0v) is 31.1. The fourth-order valence-electron chi connectivity index (χ4n) is 6.37. The van der Waals surface area contributed by atoms with Crippen LogP contribution in [-0.4, -0.2) is 21.5 Å². The molecule has 7 aromatic carbocycles. The molecule has 0 saturated carbocycles. The largest absolute Gasteiger partial charge is 0.673 e. The first-order valence-corrected chi connectivity index (χ1v) is 19.2. The lowest BCUT2D eigenvalue weighted by Crippen LogP contribution is -2.38. The van der Waals surface area contributed by atoms with E-state index in [1.165, 1.54) is 21.2 Å². The average Bonchev–Trinajstić information content (AvgIpc) is 3.22. The smallest absolute Gasteiger partial charge is 0.497 e. The van der Waals surface area contributed by atoms with E-state index in [0.717, 1.165) is 39.7 Å². The van der Waals surface area contributed by atoms with Crippen molar-refractivity contribution in [3.05, 3.63) is 199 Å². The molecule has 9 heteroatoms. The SMILES string of the molecule is COc1ccc(N(c2ccc(C#Cc3ccc([P+](c4ccccc4)(c4ccccc4)c4ccccc4)cc3)cc2)c2ccc(OC)cc2)cc1.F[B-](F)(F)F. The van der Waals surface area contributed by atoms with E-state index >= 15 is 0 Å². The van der Waals surface area contributed by atoms with Crippen molar-refractivity contribution in [2.24, 2.45) is 0 Å². The van der Waals surface area contributed by atoms with Crippen LogP contribution >= 0.6 is 7.26 Å². The molecule has 0 aliphatic rings. The Morgan fingerprint density at radius 1 is 0.400 bits per heavy atom. The predicted octanol–water partition coefficient (Wildman–Crippen LogP) is 10.5. The van der Waals surface area contributed by atoms with Gasteiger partial charge in [0.15, 0.2) is 0 Å². The highest BCUT2D eigenvalue weighted by atomic mass is 31.2. The van der Waals surface area contributed by atoms with E-state index in [0.29, 0.717) is 0 Å². The molecule has 0 bridgehead atoms. The van der Waals surface area contributed by atoms with Crippen molar-refractivity contribution in [3.63, 3.8) is 0 Å². The maximum absolute atomic E-state index is 9.75. The Morgan fingerprint density at radius 2 is 0.673 bits per heavy atom. The molecule has 7 rings (SSSR count). The number of hydrogen-bond acceptors (Lipinski definition) is 3. The van der Waals surface area contributed by atoms with Gasteiger partial charge in [-0.25, -0.2) is 0 Å². The Morgan fingerprint density at radius 3 is 0.982 bits per heavy atom. The van der Waals surface area contributed by atoms with Gasteiger partial charge in [0.25, 0.3) is 0 Å². The van der Waals surface area contributed by atoms with Gasteiger partial charge in [0, 0.05) is 28.2 Å². The topological polar surface area (TPSA) is 21.7 Å². The van der Waals surface area contributed by atoms with Crippen molar-refractivity contribution in [2.75, 3.05) is 19.1 Å². The average molecular weight is 754 g/mol. The normalized spacial score (nSPS) is 10.9. The number of anilines is 3. The first-order chi connectivity index (χ1) is 26.7. The Bertz CT molecular complexity index is 2160. The van der Waals surface area contributed by atoms with Crippen molar-refractivity contribution in [1.29, 1.82) is 0 Å². The van der Waals surface area contributed by atoms with Gasteiger partial charge in [-0.3, -0.25) is 0 Å². The summed E-state index contributed by atoms with van der Waals surface area (Å²) in [6, 6.07) is 66.2. The Kier molecular flexibility index (Phi) is 12.4. The predicted molar refractivity (Wildman–Crippen MR) is 222 cm³/mol. The van der Waals surface area contributed by atoms with Crippen molar-refractivity contribution >= 4 is 52.8 Å². The molecule has 0 amide bonds. The lowest BCUT2D eigenvalue weighted by molar-refractivity contribution is 0.368. The summed E-state index contributed by atoms with van der Waals surface area (Å²) in [5, 5.41) is 5.28. The van der Waals surface area contributed by atoms with Gasteiger partial charge in [0.2, 0.25) is 0 Å². The number of halogens is 4. The van der Waals surface area contributed by atoms with Crippen LogP contribution in [0.4, 0.5) is 34.3 Å². The van der Waals surface area contributed by atoms with Crippen molar-refractivity contribution in [3.8, 4) is 23.3 Å². The van der Waals surface area contributed by atoms with Gasteiger partial charge >= 0.3 is 7.25 Å². The number of nitrogens with zero attached hydrogens (tertiary/aromatic N) is 1. The van der Waals surface area contributed by atoms with Crippen LogP contribution in [0.15, 0.2) is 188 Å². The van der Waals surface area contributed by atoms with Crippen LogP contribution in [0.2, 0.25) is 0 Å². The van der Waals surface area contributed by atoms with Gasteiger partial charge in [-0.1, -0.05) is 66.4 Å². The molecule has 0 unspecified atom stereocenters. The van der Waals surface area contributed by atoms with E-state index in [-0.39, 0.29) is 0 Å². The molecule has 0 saturated heterocycles. The lowest BCUT2D eigenvalue weighted by Gasteiger charge is -2.27. The van der Waals surface area contributed by atoms with E-state index in [2.05, 4.69) is 181 Å². The second-order valence-electron chi connectivity index (χ2n) is 12.2. The minimum atomic E-state index is -6.00. The Balaban J connectivity index is 0.000000967. The summed E-state index contributed by atoms with van der Waals surface area (Å²) in [4.78, 5) is 2.20. The van der Waals surface area contributed by atoms with Gasteiger partial charge in [0.1, 0.15) is 40.0 Å². The summed E-state index contributed by atoms with van der Waals surface area (Å²) in [5.74, 6) is 8.44. The molecule has 0 fully saturated rings. The Hall–Kier alpha value is -6.29. The maximum Gasteiger partial charge on any atom is 0.673 e. The van der Waals surface area contributed by atoms with Gasteiger partial charge in [-0.2, -0.15) is 0 Å². The third kappa shape index (κ3) is 9.45. The molecule has 55 heavy (non-hydrogen) atoms. The van der Waals surface area contributed by atoms with Gasteiger partial charge in [0.05, 0.1) is 14.2 Å². The first-order valence-electron chi connectivity index (χ1n) is 17.4. The van der Waals surface area contributed by atoms with Crippen LogP contribution in [0, 0.1) is 11.8 Å². The number of methoxy groups -OCH3 is 2. The standard InChI is InChI=1S/C46H37NO2P.BF4/c1-48-41-30-26-39(27-31-41)47(40-28-32-42(49-2)33-29-40)38-24-20-36(21-25-38)18-19-37-22-34-46(35-23-37)50(43-12-6-3-7-13-43,44-14-8-4-9-15-44)45-16-10-5-11-17-45;2-1(3,4)5/h3-17,20-35H,1-2H3;/q+1;-1. The van der Waals surface area contributed by atoms with Crippen LogP contribution in [0.25, 0.3) is 0 Å². The first kappa shape index (κ1) is 38.4. The number of ether oxygens (including phenoxy) is 2. The van der Waals surface area contributed by atoms with Crippen LogP contribution in [-0.2, 0) is 0 Å². The van der Waals surface area contributed by atoms with Crippen molar-refractivity contribution < 1.29 is 26.7 Å². The molecule has 0 aliphatic carbocycles. The summed E-state index contributed by atoms with van der Waals surface area (Å²) >= 11 is 0. The third-order valence-electron chi connectivity index (χ3n) is 8.82. The second-order valence-corrected chi connectivity index (χ2v) is 15.7. The molecular weight excluding hydrogens is 716 g/mol. The molecule has 3 nitrogen and oxygen atoms in total. The number of rotatable bonds is 9. The second kappa shape index (κ2) is 17.7. The van der Waals surface area contributed by atoms with Gasteiger partial charge < -0.3 is 31.6 Å². The molecule has 0 N–H and O–H groups in total. The van der Waals surface area contributed by atoms with Crippen LogP contribution in [0.1, 0.15) is 11.1 Å². The van der Waals surface area contributed by atoms with Crippen molar-refractivity contribution in [1.82, 2.24) is 0 Å². The molecule has 0 aliphatic heterocycles. The highest BCUT2D eigenvalue weighted by Gasteiger charge is 2.47. The number of benzene rings is 7. The summed E-state index contributed by atoms with van der Waals surface area (Å²) in [5.41, 5.74) is 4.99. The lowest BCUT2D eigenvalue weighted by atomic mass is 10.1. The van der Waals surface area contributed by atoms with Crippen LogP contribution in [0.3, 0.4) is 0 Å². The molecule has 0 heterocycles. The minimum absolute atomic E-state index is 0.815. The van der Waals surface area contributed by atoms with Crippen LogP contribution < -0.4 is 35.6 Å². The summed E-state index contributed by atoms with van der Waals surface area (Å²) in [6.07, 6.45) is 0. The minimum Gasteiger partial charge on any atom is -0.497 e. The monoisotopic (exact) mass is 753 g/mol. The van der Waals surface area contributed by atoms with E-state index < -0.39 is 14.5 Å². The molecule has 0 spiro atoms. The van der Waals surface area contributed by atoms with E-state index in [1.807, 2.05) is 24.3 Å². The fourth-order valence-corrected chi connectivity index (χ4v) is 10.6. The van der Waals surface area contributed by atoms with E-state index in [1.54, 1.807) is 14.2 Å². The molecule has 7 aromatic rings. The maximum atomic E-state index is 9.75. The highest BCUT2D eigenvalue weighted by molar-refractivity contribution is 8.01. The Labute approximate surface area is 320 Å². The zero-order chi connectivity index (χ0) is 38.7. The molecular formula is C46H37BF4NO2P. The third-order valence-corrected chi connectivity index (χ3v) is 13.1. The zero-order valence-electron chi connectivity index (χ0n) is 30.2. The van der Waals surface area contributed by atoms with Crippen LogP contribution in [0.5, 0.6) is 11.5 Å². The molecule has 0 aromatic heterocycles. The summed E-state index contributed by atoms with van der Waals surface area (Å²) in [6.45, 7) is 0. The van der Waals surface area contributed by atoms with Gasteiger partial charge in [-0.05, 0) is 133 Å².